The summed E-state index contributed by atoms with van der Waals surface area (Å²) in [6.07, 6.45) is 0.328. The maximum absolute atomic E-state index is 12.5. The first-order valence-electron chi connectivity index (χ1n) is 10.4. The standard InChI is InChI=1S/C25H24N4O3S/c1-29-24(18-12-14-19(31-2)15-13-18)27-28-25(29)33-17-16-23(30)26-21-10-6-7-11-22(21)32-20-8-4-3-5-9-20/h3-15H,16-17H2,1-2H3,(H,26,30). The van der Waals surface area contributed by atoms with Crippen LogP contribution in [0.2, 0.25) is 0 Å². The normalized spacial score (nSPS) is 10.6. The van der Waals surface area contributed by atoms with Gasteiger partial charge in [-0.25, -0.2) is 0 Å². The van der Waals surface area contributed by atoms with E-state index in [1.54, 1.807) is 7.11 Å². The van der Waals surface area contributed by atoms with Crippen molar-refractivity contribution in [2.24, 2.45) is 7.05 Å². The number of carbonyl (C=O) groups excluding carboxylic acids is 1. The van der Waals surface area contributed by atoms with Gasteiger partial charge in [-0.3, -0.25) is 4.79 Å². The number of aromatic nitrogens is 3. The molecule has 1 heterocycles. The van der Waals surface area contributed by atoms with Crippen molar-refractivity contribution in [1.82, 2.24) is 14.8 Å². The molecule has 8 heteroatoms. The number of anilines is 1. The van der Waals surface area contributed by atoms with Gasteiger partial charge in [0.05, 0.1) is 12.8 Å². The van der Waals surface area contributed by atoms with Crippen LogP contribution in [0.1, 0.15) is 6.42 Å². The summed E-state index contributed by atoms with van der Waals surface area (Å²) in [6.45, 7) is 0. The summed E-state index contributed by atoms with van der Waals surface area (Å²) < 4.78 is 13.0. The van der Waals surface area contributed by atoms with Gasteiger partial charge < -0.3 is 19.4 Å². The van der Waals surface area contributed by atoms with E-state index in [-0.39, 0.29) is 5.91 Å². The van der Waals surface area contributed by atoms with Gasteiger partial charge in [-0.2, -0.15) is 0 Å². The number of hydrogen-bond donors (Lipinski definition) is 1. The Balaban J connectivity index is 1.33. The number of para-hydroxylation sites is 3. The molecule has 168 valence electrons. The maximum Gasteiger partial charge on any atom is 0.225 e. The number of nitrogens with one attached hydrogen (secondary N) is 1. The molecule has 0 aliphatic heterocycles. The van der Waals surface area contributed by atoms with Gasteiger partial charge >= 0.3 is 0 Å². The molecule has 0 fully saturated rings. The zero-order chi connectivity index (χ0) is 23.0. The van der Waals surface area contributed by atoms with Crippen molar-refractivity contribution in [3.05, 3.63) is 78.9 Å². The van der Waals surface area contributed by atoms with Gasteiger partial charge in [0.25, 0.3) is 0 Å². The Bertz CT molecular complexity index is 1210. The molecule has 4 rings (SSSR count). The van der Waals surface area contributed by atoms with Crippen molar-refractivity contribution in [1.29, 1.82) is 0 Å². The third-order valence-corrected chi connectivity index (χ3v) is 5.90. The number of thioether (sulfide) groups is 1. The summed E-state index contributed by atoms with van der Waals surface area (Å²) in [6, 6.07) is 24.5. The first kappa shape index (κ1) is 22.4. The van der Waals surface area contributed by atoms with Gasteiger partial charge in [0.15, 0.2) is 16.7 Å². The van der Waals surface area contributed by atoms with Crippen LogP contribution in [-0.4, -0.2) is 33.5 Å². The summed E-state index contributed by atoms with van der Waals surface area (Å²) in [5, 5.41) is 12.3. The van der Waals surface area contributed by atoms with Crippen molar-refractivity contribution in [2.45, 2.75) is 11.6 Å². The Morgan fingerprint density at radius 3 is 2.42 bits per heavy atom. The molecule has 0 saturated heterocycles. The number of rotatable bonds is 9. The zero-order valence-electron chi connectivity index (χ0n) is 18.4. The van der Waals surface area contributed by atoms with Gasteiger partial charge in [-0.1, -0.05) is 42.1 Å². The molecule has 0 aliphatic rings. The molecule has 0 saturated carbocycles. The van der Waals surface area contributed by atoms with Gasteiger partial charge in [-0.05, 0) is 48.5 Å². The number of methoxy groups -OCH3 is 1. The van der Waals surface area contributed by atoms with E-state index in [9.17, 15) is 4.79 Å². The quantitative estimate of drug-likeness (QED) is 0.337. The topological polar surface area (TPSA) is 78.3 Å². The Hall–Kier alpha value is -3.78. The second kappa shape index (κ2) is 10.7. The lowest BCUT2D eigenvalue weighted by Gasteiger charge is -2.12. The highest BCUT2D eigenvalue weighted by Gasteiger charge is 2.13. The lowest BCUT2D eigenvalue weighted by Crippen LogP contribution is -2.13. The van der Waals surface area contributed by atoms with Crippen LogP contribution in [0.25, 0.3) is 11.4 Å². The third kappa shape index (κ3) is 5.72. The van der Waals surface area contributed by atoms with Crippen molar-refractivity contribution >= 4 is 23.4 Å². The fourth-order valence-corrected chi connectivity index (χ4v) is 4.00. The molecule has 0 radical (unpaired) electrons. The monoisotopic (exact) mass is 460 g/mol. The minimum Gasteiger partial charge on any atom is -0.497 e. The predicted octanol–water partition coefficient (Wildman–Crippen LogP) is 5.40. The van der Waals surface area contributed by atoms with Crippen LogP contribution in [0.4, 0.5) is 5.69 Å². The molecule has 0 bridgehead atoms. The van der Waals surface area contributed by atoms with E-state index in [0.29, 0.717) is 29.4 Å². The fraction of sp³-hybridized carbons (Fsp3) is 0.160. The van der Waals surface area contributed by atoms with Crippen LogP contribution in [0.15, 0.2) is 84.0 Å². The van der Waals surface area contributed by atoms with E-state index in [4.69, 9.17) is 9.47 Å². The minimum absolute atomic E-state index is 0.0934. The van der Waals surface area contributed by atoms with Gasteiger partial charge in [0.1, 0.15) is 11.5 Å². The van der Waals surface area contributed by atoms with E-state index in [0.717, 1.165) is 22.3 Å². The Morgan fingerprint density at radius 1 is 0.939 bits per heavy atom. The summed E-state index contributed by atoms with van der Waals surface area (Å²) >= 11 is 1.49. The van der Waals surface area contributed by atoms with Crippen LogP contribution in [0, 0.1) is 0 Å². The molecule has 3 aromatic carbocycles. The molecule has 7 nitrogen and oxygen atoms in total. The highest BCUT2D eigenvalue weighted by Crippen LogP contribution is 2.29. The second-order valence-corrected chi connectivity index (χ2v) is 8.21. The number of ether oxygens (including phenoxy) is 2. The summed E-state index contributed by atoms with van der Waals surface area (Å²) in [5.74, 6) is 3.34. The van der Waals surface area contributed by atoms with Crippen LogP contribution < -0.4 is 14.8 Å². The highest BCUT2D eigenvalue weighted by atomic mass is 32.2. The van der Waals surface area contributed by atoms with Crippen LogP contribution in [0.3, 0.4) is 0 Å². The average Bonchev–Trinajstić information content (AvgIpc) is 3.21. The fourth-order valence-electron chi connectivity index (χ4n) is 3.15. The van der Waals surface area contributed by atoms with Crippen LogP contribution >= 0.6 is 11.8 Å². The van der Waals surface area contributed by atoms with E-state index in [1.807, 2.05) is 90.5 Å². The molecule has 0 aliphatic carbocycles. The van der Waals surface area contributed by atoms with Gasteiger partial charge in [0, 0.05) is 24.8 Å². The first-order valence-corrected chi connectivity index (χ1v) is 11.4. The van der Waals surface area contributed by atoms with Crippen LogP contribution in [-0.2, 0) is 11.8 Å². The molecule has 1 amide bonds. The Labute approximate surface area is 196 Å². The lowest BCUT2D eigenvalue weighted by molar-refractivity contribution is -0.115. The Morgan fingerprint density at radius 2 is 1.67 bits per heavy atom. The average molecular weight is 461 g/mol. The second-order valence-electron chi connectivity index (χ2n) is 7.15. The predicted molar refractivity (Wildman–Crippen MR) is 130 cm³/mol. The van der Waals surface area contributed by atoms with Crippen LogP contribution in [0.5, 0.6) is 17.2 Å². The SMILES string of the molecule is COc1ccc(-c2nnc(SCCC(=O)Nc3ccccc3Oc3ccccc3)n2C)cc1. The molecule has 1 N–H and O–H groups in total. The number of amides is 1. The molecule has 0 atom stereocenters. The van der Waals surface area contributed by atoms with E-state index in [1.165, 1.54) is 11.8 Å². The molecule has 4 aromatic rings. The summed E-state index contributed by atoms with van der Waals surface area (Å²) in [5.41, 5.74) is 1.59. The highest BCUT2D eigenvalue weighted by molar-refractivity contribution is 7.99. The molecule has 0 unspecified atom stereocenters. The van der Waals surface area contributed by atoms with Gasteiger partial charge in [-0.15, -0.1) is 10.2 Å². The van der Waals surface area contributed by atoms with E-state index >= 15 is 0 Å². The number of hydrogen-bond acceptors (Lipinski definition) is 6. The van der Waals surface area contributed by atoms with Crippen molar-refractivity contribution < 1.29 is 14.3 Å². The largest absolute Gasteiger partial charge is 0.497 e. The third-order valence-electron chi connectivity index (χ3n) is 4.88. The first-order chi connectivity index (χ1) is 16.1. The maximum atomic E-state index is 12.5. The van der Waals surface area contributed by atoms with Crippen molar-refractivity contribution in [3.63, 3.8) is 0 Å². The summed E-state index contributed by atoms with van der Waals surface area (Å²) in [7, 11) is 3.55. The number of benzene rings is 3. The molecular weight excluding hydrogens is 436 g/mol. The molecule has 1 aromatic heterocycles. The summed E-state index contributed by atoms with van der Waals surface area (Å²) in [4.78, 5) is 12.5. The van der Waals surface area contributed by atoms with E-state index in [2.05, 4.69) is 15.5 Å². The van der Waals surface area contributed by atoms with Gasteiger partial charge in [0.2, 0.25) is 5.91 Å². The molecule has 0 spiro atoms. The minimum atomic E-state index is -0.0934. The number of carbonyl (C=O) groups is 1. The molecule has 33 heavy (non-hydrogen) atoms. The lowest BCUT2D eigenvalue weighted by atomic mass is 10.2. The number of nitrogens with zero attached hydrogens (tertiary/aromatic N) is 3. The smallest absolute Gasteiger partial charge is 0.225 e. The zero-order valence-corrected chi connectivity index (χ0v) is 19.2. The van der Waals surface area contributed by atoms with Crippen molar-refractivity contribution in [2.75, 3.05) is 18.2 Å². The Kier molecular flexibility index (Phi) is 7.26. The van der Waals surface area contributed by atoms with E-state index < -0.39 is 0 Å². The molecular formula is C25H24N4O3S. The van der Waals surface area contributed by atoms with Crippen molar-refractivity contribution in [3.8, 4) is 28.6 Å².